The van der Waals surface area contributed by atoms with E-state index in [1.165, 1.54) is 0 Å². The smallest absolute Gasteiger partial charge is 0.125 e. The van der Waals surface area contributed by atoms with Crippen molar-refractivity contribution in [1.29, 1.82) is 0 Å². The summed E-state index contributed by atoms with van der Waals surface area (Å²) in [6, 6.07) is 5.46. The zero-order valence-electron chi connectivity index (χ0n) is 11.2. The molecule has 3 heteroatoms. The minimum atomic E-state index is -0.466. The van der Waals surface area contributed by atoms with Crippen molar-refractivity contribution in [3.8, 4) is 5.75 Å². The third-order valence-electron chi connectivity index (χ3n) is 3.54. The fraction of sp³-hybridized carbons (Fsp3) is 0.600. The van der Waals surface area contributed by atoms with Crippen molar-refractivity contribution in [3.63, 3.8) is 0 Å². The largest absolute Gasteiger partial charge is 0.490 e. The monoisotopic (exact) mass is 268 g/mol. The van der Waals surface area contributed by atoms with E-state index in [-0.39, 0.29) is 6.10 Å². The zero-order chi connectivity index (χ0) is 13.3. The fourth-order valence-corrected chi connectivity index (χ4v) is 2.87. The summed E-state index contributed by atoms with van der Waals surface area (Å²) < 4.78 is 6.00. The second-order valence-electron chi connectivity index (χ2n) is 5.70. The van der Waals surface area contributed by atoms with Gasteiger partial charge in [-0.25, -0.2) is 0 Å². The van der Waals surface area contributed by atoms with Gasteiger partial charge in [-0.15, -0.1) is 0 Å². The van der Waals surface area contributed by atoms with Gasteiger partial charge in [0.1, 0.15) is 11.9 Å². The first kappa shape index (κ1) is 13.7. The Kier molecular flexibility index (Phi) is 4.18. The van der Waals surface area contributed by atoms with Crippen LogP contribution in [-0.2, 0) is 0 Å². The number of hydrogen-bond donors (Lipinski definition) is 1. The Balaban J connectivity index is 2.15. The summed E-state index contributed by atoms with van der Waals surface area (Å²) >= 11 is 5.94. The summed E-state index contributed by atoms with van der Waals surface area (Å²) in [4.78, 5) is 0. The van der Waals surface area contributed by atoms with Crippen LogP contribution in [0.5, 0.6) is 5.75 Å². The number of ether oxygens (including phenoxy) is 1. The number of halogens is 1. The van der Waals surface area contributed by atoms with E-state index in [2.05, 4.69) is 20.8 Å². The number of aliphatic hydroxyl groups is 1. The molecular weight excluding hydrogens is 248 g/mol. The van der Waals surface area contributed by atoms with E-state index in [4.69, 9.17) is 16.3 Å². The maximum Gasteiger partial charge on any atom is 0.125 e. The number of hydrogen-bond acceptors (Lipinski definition) is 2. The molecule has 1 aliphatic heterocycles. The summed E-state index contributed by atoms with van der Waals surface area (Å²) in [5.74, 6) is 1.87. The molecule has 2 unspecified atom stereocenters. The number of rotatable bonds is 3. The number of benzene rings is 1. The quantitative estimate of drug-likeness (QED) is 0.890. The maximum absolute atomic E-state index is 10.2. The van der Waals surface area contributed by atoms with Gasteiger partial charge >= 0.3 is 0 Å². The van der Waals surface area contributed by atoms with Crippen molar-refractivity contribution in [2.45, 2.75) is 45.8 Å². The third-order valence-corrected chi connectivity index (χ3v) is 3.78. The highest BCUT2D eigenvalue weighted by Crippen LogP contribution is 2.39. The van der Waals surface area contributed by atoms with Gasteiger partial charge in [-0.3, -0.25) is 0 Å². The molecule has 1 aromatic carbocycles. The molecule has 0 saturated carbocycles. The Hall–Kier alpha value is -0.730. The van der Waals surface area contributed by atoms with Gasteiger partial charge in [-0.1, -0.05) is 32.4 Å². The molecule has 0 aliphatic carbocycles. The lowest BCUT2D eigenvalue weighted by atomic mass is 9.87. The van der Waals surface area contributed by atoms with Gasteiger partial charge in [0.05, 0.1) is 6.10 Å². The molecule has 1 aromatic rings. The lowest BCUT2D eigenvalue weighted by Gasteiger charge is -2.34. The van der Waals surface area contributed by atoms with E-state index in [0.717, 1.165) is 17.7 Å². The maximum atomic E-state index is 10.2. The average molecular weight is 269 g/mol. The second-order valence-corrected chi connectivity index (χ2v) is 6.13. The summed E-state index contributed by atoms with van der Waals surface area (Å²) in [6.45, 7) is 6.62. The highest BCUT2D eigenvalue weighted by atomic mass is 35.5. The van der Waals surface area contributed by atoms with Crippen LogP contribution in [0.1, 0.15) is 45.3 Å². The molecule has 18 heavy (non-hydrogen) atoms. The van der Waals surface area contributed by atoms with Gasteiger partial charge in [0.15, 0.2) is 0 Å². The van der Waals surface area contributed by atoms with Crippen LogP contribution in [0.15, 0.2) is 18.2 Å². The van der Waals surface area contributed by atoms with Crippen molar-refractivity contribution in [2.24, 2.45) is 11.8 Å². The molecule has 2 rings (SSSR count). The third kappa shape index (κ3) is 2.99. The number of aliphatic hydroxyl groups excluding tert-OH is 1. The Morgan fingerprint density at radius 2 is 2.11 bits per heavy atom. The Morgan fingerprint density at radius 1 is 1.39 bits per heavy atom. The summed E-state index contributed by atoms with van der Waals surface area (Å²) in [5, 5.41) is 10.8. The van der Waals surface area contributed by atoms with Gasteiger partial charge in [-0.2, -0.15) is 0 Å². The van der Waals surface area contributed by atoms with Crippen molar-refractivity contribution < 1.29 is 9.84 Å². The fourth-order valence-electron chi connectivity index (χ4n) is 2.69. The lowest BCUT2D eigenvalue weighted by Crippen LogP contribution is -2.32. The second kappa shape index (κ2) is 5.50. The van der Waals surface area contributed by atoms with Crippen LogP contribution >= 0.6 is 11.6 Å². The molecule has 3 atom stereocenters. The van der Waals surface area contributed by atoms with Crippen molar-refractivity contribution in [2.75, 3.05) is 0 Å². The summed E-state index contributed by atoms with van der Waals surface area (Å²) in [6.07, 6.45) is 1.39. The van der Waals surface area contributed by atoms with Gasteiger partial charge in [0.2, 0.25) is 0 Å². The Labute approximate surface area is 114 Å². The van der Waals surface area contributed by atoms with Gasteiger partial charge in [0, 0.05) is 17.0 Å². The molecule has 100 valence electrons. The number of fused-ring (bicyclic) bond motifs is 1. The van der Waals surface area contributed by atoms with E-state index < -0.39 is 6.10 Å². The van der Waals surface area contributed by atoms with Crippen molar-refractivity contribution >= 4 is 11.6 Å². The van der Waals surface area contributed by atoms with E-state index in [9.17, 15) is 5.11 Å². The predicted octanol–water partition coefficient (Wildman–Crippen LogP) is 4.21. The van der Waals surface area contributed by atoms with Crippen LogP contribution < -0.4 is 4.74 Å². The highest BCUT2D eigenvalue weighted by Gasteiger charge is 2.30. The molecule has 0 amide bonds. The molecule has 1 aliphatic rings. The Bertz CT molecular complexity index is 417. The van der Waals surface area contributed by atoms with Crippen LogP contribution in [0.2, 0.25) is 5.02 Å². The molecule has 0 saturated heterocycles. The molecule has 2 nitrogen and oxygen atoms in total. The minimum Gasteiger partial charge on any atom is -0.490 e. The van der Waals surface area contributed by atoms with Crippen LogP contribution in [0.25, 0.3) is 0 Å². The highest BCUT2D eigenvalue weighted by molar-refractivity contribution is 6.30. The lowest BCUT2D eigenvalue weighted by molar-refractivity contribution is 0.0332. The van der Waals surface area contributed by atoms with E-state index in [0.29, 0.717) is 23.3 Å². The van der Waals surface area contributed by atoms with Crippen LogP contribution in [0.3, 0.4) is 0 Å². The molecule has 1 N–H and O–H groups in total. The molecule has 0 bridgehead atoms. The normalized spacial score (nSPS) is 24.6. The predicted molar refractivity (Wildman–Crippen MR) is 74.1 cm³/mol. The topological polar surface area (TPSA) is 29.5 Å². The molecule has 0 aromatic heterocycles. The minimum absolute atomic E-state index is 0.0936. The van der Waals surface area contributed by atoms with Gasteiger partial charge in [-0.05, 0) is 36.5 Å². The average Bonchev–Trinajstić information content (AvgIpc) is 2.29. The van der Waals surface area contributed by atoms with Crippen LogP contribution in [0, 0.1) is 11.8 Å². The SMILES string of the molecule is CC(C)CC(C)C1C[C@H](O)c2cc(Cl)ccc2O1. The zero-order valence-corrected chi connectivity index (χ0v) is 11.9. The first-order chi connectivity index (χ1) is 8.47. The molecule has 0 fully saturated rings. The molecule has 0 radical (unpaired) electrons. The first-order valence-corrected chi connectivity index (χ1v) is 6.99. The van der Waals surface area contributed by atoms with Crippen molar-refractivity contribution in [1.82, 2.24) is 0 Å². The van der Waals surface area contributed by atoms with Crippen molar-refractivity contribution in [3.05, 3.63) is 28.8 Å². The van der Waals surface area contributed by atoms with Crippen LogP contribution in [-0.4, -0.2) is 11.2 Å². The summed E-state index contributed by atoms with van der Waals surface area (Å²) in [7, 11) is 0. The van der Waals surface area contributed by atoms with E-state index in [1.807, 2.05) is 12.1 Å². The molecule has 1 heterocycles. The standard InChI is InChI=1S/C15H21ClO2/c1-9(2)6-10(3)15-8-13(17)12-7-11(16)4-5-14(12)18-15/h4-5,7,9-10,13,15,17H,6,8H2,1-3H3/t10?,13-,15?/m0/s1. The Morgan fingerprint density at radius 3 is 2.78 bits per heavy atom. The van der Waals surface area contributed by atoms with E-state index in [1.54, 1.807) is 6.07 Å². The molecule has 0 spiro atoms. The van der Waals surface area contributed by atoms with Crippen LogP contribution in [0.4, 0.5) is 0 Å². The first-order valence-electron chi connectivity index (χ1n) is 6.61. The molecular formula is C15H21ClO2. The van der Waals surface area contributed by atoms with Gasteiger partial charge < -0.3 is 9.84 Å². The summed E-state index contributed by atoms with van der Waals surface area (Å²) in [5.41, 5.74) is 0.815. The van der Waals surface area contributed by atoms with E-state index >= 15 is 0 Å². The van der Waals surface area contributed by atoms with Gasteiger partial charge in [0.25, 0.3) is 0 Å².